The van der Waals surface area contributed by atoms with Crippen molar-refractivity contribution in [1.29, 1.82) is 0 Å². The highest BCUT2D eigenvalue weighted by molar-refractivity contribution is 5.70. The van der Waals surface area contributed by atoms with Crippen LogP contribution in [-0.2, 0) is 10.2 Å². The molecule has 1 aliphatic carbocycles. The number of nitrogens with two attached hydrogens (primary N) is 1. The van der Waals surface area contributed by atoms with E-state index >= 15 is 0 Å². The molecular formula is C12H15NO2. The topological polar surface area (TPSA) is 63.3 Å². The third kappa shape index (κ3) is 1.82. The molecule has 1 aromatic rings. The van der Waals surface area contributed by atoms with Crippen molar-refractivity contribution in [3.8, 4) is 0 Å². The van der Waals surface area contributed by atoms with Gasteiger partial charge in [-0.25, -0.2) is 0 Å². The van der Waals surface area contributed by atoms with Crippen molar-refractivity contribution in [2.45, 2.75) is 31.6 Å². The van der Waals surface area contributed by atoms with Gasteiger partial charge in [0.05, 0.1) is 6.42 Å². The molecular weight excluding hydrogens is 190 g/mol. The van der Waals surface area contributed by atoms with Gasteiger partial charge in [-0.1, -0.05) is 12.1 Å². The average molecular weight is 205 g/mol. The van der Waals surface area contributed by atoms with Gasteiger partial charge in [0.25, 0.3) is 0 Å². The maximum Gasteiger partial charge on any atom is 0.304 e. The van der Waals surface area contributed by atoms with Crippen molar-refractivity contribution in [3.63, 3.8) is 0 Å². The molecule has 3 N–H and O–H groups in total. The van der Waals surface area contributed by atoms with Crippen molar-refractivity contribution in [3.05, 3.63) is 29.3 Å². The summed E-state index contributed by atoms with van der Waals surface area (Å²) in [5.41, 5.74) is 8.57. The number of anilines is 1. The van der Waals surface area contributed by atoms with Gasteiger partial charge in [-0.15, -0.1) is 0 Å². The number of nitrogen functional groups attached to an aromatic ring is 1. The smallest absolute Gasteiger partial charge is 0.304 e. The van der Waals surface area contributed by atoms with Crippen LogP contribution in [-0.4, -0.2) is 11.1 Å². The van der Waals surface area contributed by atoms with Crippen molar-refractivity contribution in [2.24, 2.45) is 0 Å². The summed E-state index contributed by atoms with van der Waals surface area (Å²) < 4.78 is 0. The largest absolute Gasteiger partial charge is 0.481 e. The fraction of sp³-hybridized carbons (Fsp3) is 0.417. The van der Waals surface area contributed by atoms with Gasteiger partial charge in [0.2, 0.25) is 0 Å². The lowest BCUT2D eigenvalue weighted by molar-refractivity contribution is -0.137. The van der Waals surface area contributed by atoms with Crippen LogP contribution in [0.1, 0.15) is 30.4 Å². The lowest BCUT2D eigenvalue weighted by atomic mass is 9.91. The maximum absolute atomic E-state index is 10.7. The van der Waals surface area contributed by atoms with Crippen molar-refractivity contribution < 1.29 is 9.90 Å². The first-order chi connectivity index (χ1) is 7.03. The number of rotatable bonds is 3. The number of benzene rings is 1. The first-order valence-electron chi connectivity index (χ1n) is 5.12. The average Bonchev–Trinajstić information content (AvgIpc) is 2.89. The molecule has 0 bridgehead atoms. The zero-order valence-electron chi connectivity index (χ0n) is 8.79. The number of hydrogen-bond acceptors (Lipinski definition) is 2. The molecule has 1 aromatic carbocycles. The Morgan fingerprint density at radius 2 is 2.20 bits per heavy atom. The SMILES string of the molecule is Cc1ccc(C2(CC(=O)O)CC2)cc1N. The van der Waals surface area contributed by atoms with Crippen molar-refractivity contribution in [2.75, 3.05) is 5.73 Å². The minimum absolute atomic E-state index is 0.131. The van der Waals surface area contributed by atoms with E-state index in [0.29, 0.717) is 0 Å². The van der Waals surface area contributed by atoms with E-state index in [4.69, 9.17) is 10.8 Å². The minimum Gasteiger partial charge on any atom is -0.481 e. The highest BCUT2D eigenvalue weighted by Crippen LogP contribution is 2.51. The van der Waals surface area contributed by atoms with Crippen molar-refractivity contribution in [1.82, 2.24) is 0 Å². The Hall–Kier alpha value is -1.51. The standard InChI is InChI=1S/C12H15NO2/c1-8-2-3-9(6-10(8)13)12(4-5-12)7-11(14)15/h2-3,6H,4-5,7,13H2,1H3,(H,14,15). The Morgan fingerprint density at radius 3 is 2.67 bits per heavy atom. The Labute approximate surface area is 88.9 Å². The number of aryl methyl sites for hydroxylation is 1. The number of carbonyl (C=O) groups is 1. The molecule has 0 atom stereocenters. The number of carboxylic acid groups (broad SMARTS) is 1. The molecule has 1 fully saturated rings. The van der Waals surface area contributed by atoms with Crippen LogP contribution >= 0.6 is 0 Å². The third-order valence-electron chi connectivity index (χ3n) is 3.23. The second kappa shape index (κ2) is 3.26. The van der Waals surface area contributed by atoms with Crippen LogP contribution in [0.25, 0.3) is 0 Å². The van der Waals surface area contributed by atoms with E-state index in [2.05, 4.69) is 0 Å². The second-order valence-electron chi connectivity index (χ2n) is 4.42. The molecule has 0 aliphatic heterocycles. The summed E-state index contributed by atoms with van der Waals surface area (Å²) in [5, 5.41) is 8.84. The number of hydrogen-bond donors (Lipinski definition) is 2. The molecule has 1 saturated carbocycles. The van der Waals surface area contributed by atoms with Crippen LogP contribution in [0, 0.1) is 6.92 Å². The molecule has 0 saturated heterocycles. The molecule has 0 unspecified atom stereocenters. The van der Waals surface area contributed by atoms with Gasteiger partial charge in [-0.2, -0.15) is 0 Å². The van der Waals surface area contributed by atoms with Gasteiger partial charge < -0.3 is 10.8 Å². The van der Waals surface area contributed by atoms with Crippen LogP contribution in [0.2, 0.25) is 0 Å². The predicted octanol–water partition coefficient (Wildman–Crippen LogP) is 2.08. The molecule has 3 nitrogen and oxygen atoms in total. The normalized spacial score (nSPS) is 17.4. The van der Waals surface area contributed by atoms with E-state index in [1.807, 2.05) is 25.1 Å². The quantitative estimate of drug-likeness (QED) is 0.742. The molecule has 2 rings (SSSR count). The highest BCUT2D eigenvalue weighted by atomic mass is 16.4. The van der Waals surface area contributed by atoms with E-state index in [1.54, 1.807) is 0 Å². The fourth-order valence-corrected chi connectivity index (χ4v) is 1.98. The highest BCUT2D eigenvalue weighted by Gasteiger charge is 2.45. The van der Waals surface area contributed by atoms with E-state index in [1.165, 1.54) is 0 Å². The summed E-state index contributed by atoms with van der Waals surface area (Å²) in [6.45, 7) is 1.95. The monoisotopic (exact) mass is 205 g/mol. The molecule has 0 heterocycles. The summed E-state index contributed by atoms with van der Waals surface area (Å²) >= 11 is 0. The summed E-state index contributed by atoms with van der Waals surface area (Å²) in [6, 6.07) is 5.89. The van der Waals surface area contributed by atoms with Crippen LogP contribution in [0.4, 0.5) is 5.69 Å². The first-order valence-corrected chi connectivity index (χ1v) is 5.12. The van der Waals surface area contributed by atoms with E-state index < -0.39 is 5.97 Å². The molecule has 0 radical (unpaired) electrons. The zero-order chi connectivity index (χ0) is 11.1. The van der Waals surface area contributed by atoms with Crippen molar-refractivity contribution >= 4 is 11.7 Å². The lowest BCUT2D eigenvalue weighted by Crippen LogP contribution is -2.13. The summed E-state index contributed by atoms with van der Waals surface area (Å²) in [6.07, 6.45) is 2.14. The van der Waals surface area contributed by atoms with E-state index in [9.17, 15) is 4.79 Å². The third-order valence-corrected chi connectivity index (χ3v) is 3.23. The maximum atomic E-state index is 10.7. The van der Waals surface area contributed by atoms with Gasteiger partial charge in [-0.05, 0) is 37.0 Å². The Kier molecular flexibility index (Phi) is 2.18. The molecule has 1 aliphatic rings. The molecule has 15 heavy (non-hydrogen) atoms. The Bertz CT molecular complexity index is 408. The van der Waals surface area contributed by atoms with Gasteiger partial charge >= 0.3 is 5.97 Å². The van der Waals surface area contributed by atoms with Gasteiger partial charge in [-0.3, -0.25) is 4.79 Å². The Morgan fingerprint density at radius 1 is 1.53 bits per heavy atom. The van der Waals surface area contributed by atoms with Gasteiger partial charge in [0, 0.05) is 11.1 Å². The molecule has 3 heteroatoms. The van der Waals surface area contributed by atoms with E-state index in [0.717, 1.165) is 29.7 Å². The van der Waals surface area contributed by atoms with Crippen LogP contribution in [0.15, 0.2) is 18.2 Å². The molecule has 0 amide bonds. The predicted molar refractivity (Wildman–Crippen MR) is 58.8 cm³/mol. The van der Waals surface area contributed by atoms with Crippen LogP contribution in [0.5, 0.6) is 0 Å². The number of carboxylic acids is 1. The summed E-state index contributed by atoms with van der Waals surface area (Å²) in [4.78, 5) is 10.7. The zero-order valence-corrected chi connectivity index (χ0v) is 8.79. The van der Waals surface area contributed by atoms with Gasteiger partial charge in [0.15, 0.2) is 0 Å². The second-order valence-corrected chi connectivity index (χ2v) is 4.42. The summed E-state index contributed by atoms with van der Waals surface area (Å²) in [5.74, 6) is -0.730. The minimum atomic E-state index is -0.730. The van der Waals surface area contributed by atoms with Crippen LogP contribution in [0.3, 0.4) is 0 Å². The van der Waals surface area contributed by atoms with Crippen LogP contribution < -0.4 is 5.73 Å². The fourth-order valence-electron chi connectivity index (χ4n) is 1.98. The lowest BCUT2D eigenvalue weighted by Gasteiger charge is -2.14. The molecule has 0 aromatic heterocycles. The number of aliphatic carboxylic acids is 1. The first kappa shape index (κ1) is 10.0. The Balaban J connectivity index is 2.29. The van der Waals surface area contributed by atoms with E-state index in [-0.39, 0.29) is 11.8 Å². The molecule has 0 spiro atoms. The van der Waals surface area contributed by atoms with Gasteiger partial charge in [0.1, 0.15) is 0 Å². The summed E-state index contributed by atoms with van der Waals surface area (Å²) in [7, 11) is 0. The molecule has 80 valence electrons.